The van der Waals surface area contributed by atoms with E-state index < -0.39 is 21.9 Å². The van der Waals surface area contributed by atoms with Crippen molar-refractivity contribution in [2.45, 2.75) is 0 Å². The van der Waals surface area contributed by atoms with Gasteiger partial charge in [-0.3, -0.25) is 4.79 Å². The van der Waals surface area contributed by atoms with Gasteiger partial charge in [-0.2, -0.15) is 8.42 Å². The van der Waals surface area contributed by atoms with E-state index in [2.05, 4.69) is 9.71 Å². The first-order valence-corrected chi connectivity index (χ1v) is 9.74. The molecular weight excluding hydrogens is 401 g/mol. The number of halogens is 1. The Morgan fingerprint density at radius 1 is 1.07 bits per heavy atom. The van der Waals surface area contributed by atoms with Crippen LogP contribution in [0.2, 0.25) is 0 Å². The van der Waals surface area contributed by atoms with Crippen LogP contribution in [0, 0.1) is 5.82 Å². The van der Waals surface area contributed by atoms with Crippen LogP contribution in [0.5, 0.6) is 11.5 Å². The molecule has 1 heterocycles. The molecule has 152 valence electrons. The Morgan fingerprint density at radius 3 is 2.34 bits per heavy atom. The first-order valence-electron chi connectivity index (χ1n) is 8.35. The van der Waals surface area contributed by atoms with E-state index in [1.165, 1.54) is 51.6 Å². The van der Waals surface area contributed by atoms with E-state index in [4.69, 9.17) is 9.47 Å². The monoisotopic (exact) mass is 419 g/mol. The van der Waals surface area contributed by atoms with Gasteiger partial charge in [-0.1, -0.05) is 0 Å². The zero-order valence-electron chi connectivity index (χ0n) is 15.8. The average molecular weight is 419 g/mol. The standard InChI is InChI=1S/C19H18FN3O5S/c1-23-16(19(24)21-14-8-9-17(27-2)18(10-14)28-3)11-15(22-29(23,25)26)12-4-6-13(20)7-5-12/h4-11H,1-3H3,(H,21,24). The summed E-state index contributed by atoms with van der Waals surface area (Å²) in [5.41, 5.74) is 0.624. The van der Waals surface area contributed by atoms with Crippen molar-refractivity contribution in [3.05, 3.63) is 65.6 Å². The quantitative estimate of drug-likeness (QED) is 0.802. The summed E-state index contributed by atoms with van der Waals surface area (Å²) in [4.78, 5) is 12.8. The number of nitrogens with zero attached hydrogens (tertiary/aromatic N) is 2. The van der Waals surface area contributed by atoms with Crippen LogP contribution < -0.4 is 14.8 Å². The molecule has 10 heteroatoms. The topological polar surface area (TPSA) is 97.3 Å². The van der Waals surface area contributed by atoms with Gasteiger partial charge >= 0.3 is 10.2 Å². The van der Waals surface area contributed by atoms with Gasteiger partial charge in [0, 0.05) is 24.4 Å². The number of hydrogen-bond acceptors (Lipinski definition) is 5. The molecular formula is C19H18FN3O5S. The van der Waals surface area contributed by atoms with Crippen molar-refractivity contribution in [1.82, 2.24) is 4.31 Å². The van der Waals surface area contributed by atoms with Crippen molar-refractivity contribution in [3.8, 4) is 11.5 Å². The van der Waals surface area contributed by atoms with Crippen molar-refractivity contribution in [3.63, 3.8) is 0 Å². The largest absolute Gasteiger partial charge is 0.493 e. The summed E-state index contributed by atoms with van der Waals surface area (Å²) in [6, 6.07) is 9.87. The number of ether oxygens (including phenoxy) is 2. The number of allylic oxidation sites excluding steroid dienone is 1. The van der Waals surface area contributed by atoms with Gasteiger partial charge in [-0.25, -0.2) is 8.70 Å². The second kappa shape index (κ2) is 7.92. The summed E-state index contributed by atoms with van der Waals surface area (Å²) >= 11 is 0. The molecule has 29 heavy (non-hydrogen) atoms. The molecule has 0 aliphatic carbocycles. The second-order valence-electron chi connectivity index (χ2n) is 5.98. The lowest BCUT2D eigenvalue weighted by atomic mass is 10.1. The minimum Gasteiger partial charge on any atom is -0.493 e. The molecule has 0 saturated carbocycles. The predicted octanol–water partition coefficient (Wildman–Crippen LogP) is 2.34. The van der Waals surface area contributed by atoms with Crippen LogP contribution in [0.4, 0.5) is 10.1 Å². The molecule has 1 aliphatic heterocycles. The maximum atomic E-state index is 13.2. The Labute approximate surface area is 167 Å². The summed E-state index contributed by atoms with van der Waals surface area (Å²) in [6.07, 6.45) is 1.32. The van der Waals surface area contributed by atoms with Crippen LogP contribution in [0.25, 0.3) is 0 Å². The fourth-order valence-corrected chi connectivity index (χ4v) is 3.54. The lowest BCUT2D eigenvalue weighted by Crippen LogP contribution is -2.35. The lowest BCUT2D eigenvalue weighted by molar-refractivity contribution is -0.113. The van der Waals surface area contributed by atoms with E-state index >= 15 is 0 Å². The SMILES string of the molecule is COc1ccc(NC(=O)C2=CC(c3ccc(F)cc3)=NS(=O)(=O)N2C)cc1OC. The summed E-state index contributed by atoms with van der Waals surface area (Å²) in [5, 5.41) is 2.62. The second-order valence-corrected chi connectivity index (χ2v) is 7.61. The molecule has 0 aromatic heterocycles. The van der Waals surface area contributed by atoms with Crippen molar-refractivity contribution in [2.24, 2.45) is 4.40 Å². The highest BCUT2D eigenvalue weighted by atomic mass is 32.2. The van der Waals surface area contributed by atoms with Gasteiger partial charge in [-0.15, -0.1) is 4.40 Å². The fraction of sp³-hybridized carbons (Fsp3) is 0.158. The zero-order chi connectivity index (χ0) is 21.2. The van der Waals surface area contributed by atoms with Crippen LogP contribution in [-0.4, -0.2) is 45.6 Å². The molecule has 0 bridgehead atoms. The summed E-state index contributed by atoms with van der Waals surface area (Å²) < 4.78 is 52.8. The Morgan fingerprint density at radius 2 is 1.72 bits per heavy atom. The smallest absolute Gasteiger partial charge is 0.345 e. The van der Waals surface area contributed by atoms with Crippen LogP contribution in [-0.2, 0) is 15.0 Å². The molecule has 3 rings (SSSR count). The predicted molar refractivity (Wildman–Crippen MR) is 106 cm³/mol. The van der Waals surface area contributed by atoms with E-state index in [0.717, 1.165) is 4.31 Å². The van der Waals surface area contributed by atoms with Gasteiger partial charge < -0.3 is 14.8 Å². The van der Waals surface area contributed by atoms with E-state index in [9.17, 15) is 17.6 Å². The minimum absolute atomic E-state index is 0.0283. The first-order chi connectivity index (χ1) is 13.7. The van der Waals surface area contributed by atoms with Gasteiger partial charge in [0.2, 0.25) is 0 Å². The lowest BCUT2D eigenvalue weighted by Gasteiger charge is -2.23. The first kappa shape index (κ1) is 20.3. The number of nitrogens with one attached hydrogen (secondary N) is 1. The Bertz CT molecular complexity index is 1110. The van der Waals surface area contributed by atoms with Gasteiger partial charge in [0.15, 0.2) is 11.5 Å². The number of carbonyl (C=O) groups excluding carboxylic acids is 1. The van der Waals surface area contributed by atoms with Gasteiger partial charge in [0.05, 0.1) is 19.9 Å². The summed E-state index contributed by atoms with van der Waals surface area (Å²) in [5.74, 6) is -0.261. The Balaban J connectivity index is 1.94. The Kier molecular flexibility index (Phi) is 5.55. The number of rotatable bonds is 5. The van der Waals surface area contributed by atoms with Crippen molar-refractivity contribution < 1.29 is 27.1 Å². The van der Waals surface area contributed by atoms with Crippen molar-refractivity contribution in [1.29, 1.82) is 0 Å². The Hall–Kier alpha value is -3.40. The normalized spacial score (nSPS) is 15.2. The van der Waals surface area contributed by atoms with Crippen molar-refractivity contribution in [2.75, 3.05) is 26.6 Å². The highest BCUT2D eigenvalue weighted by Gasteiger charge is 2.30. The summed E-state index contributed by atoms with van der Waals surface area (Å²) in [7, 11) is 0.0398. The molecule has 0 radical (unpaired) electrons. The average Bonchev–Trinajstić information content (AvgIpc) is 2.70. The molecule has 1 N–H and O–H groups in total. The van der Waals surface area contributed by atoms with Crippen molar-refractivity contribution >= 4 is 27.5 Å². The highest BCUT2D eigenvalue weighted by Crippen LogP contribution is 2.30. The van der Waals surface area contributed by atoms with Crippen LogP contribution in [0.15, 0.2) is 58.6 Å². The number of methoxy groups -OCH3 is 2. The number of amides is 1. The maximum absolute atomic E-state index is 13.2. The van der Waals surface area contributed by atoms with Gasteiger partial charge in [0.1, 0.15) is 11.5 Å². The number of likely N-dealkylation sites (N-methyl/N-ethyl adjacent to an activating group) is 1. The maximum Gasteiger partial charge on any atom is 0.345 e. The van der Waals surface area contributed by atoms with E-state index in [-0.39, 0.29) is 11.4 Å². The molecule has 0 saturated heterocycles. The molecule has 2 aromatic rings. The van der Waals surface area contributed by atoms with E-state index in [1.807, 2.05) is 0 Å². The number of hydrogen-bond donors (Lipinski definition) is 1. The molecule has 1 amide bonds. The van der Waals surface area contributed by atoms with Gasteiger partial charge in [-0.05, 0) is 42.5 Å². The van der Waals surface area contributed by atoms with Crippen LogP contribution >= 0.6 is 0 Å². The minimum atomic E-state index is -4.13. The fourth-order valence-electron chi connectivity index (χ4n) is 2.63. The van der Waals surface area contributed by atoms with E-state index in [1.54, 1.807) is 18.2 Å². The third kappa shape index (κ3) is 4.21. The highest BCUT2D eigenvalue weighted by molar-refractivity contribution is 7.88. The number of carbonyl (C=O) groups is 1. The third-order valence-electron chi connectivity index (χ3n) is 4.19. The molecule has 0 fully saturated rings. The molecule has 2 aromatic carbocycles. The molecule has 0 unspecified atom stereocenters. The summed E-state index contributed by atoms with van der Waals surface area (Å²) in [6.45, 7) is 0. The van der Waals surface area contributed by atoms with Crippen LogP contribution in [0.1, 0.15) is 5.56 Å². The number of benzene rings is 2. The van der Waals surface area contributed by atoms with E-state index in [0.29, 0.717) is 22.7 Å². The molecule has 0 atom stereocenters. The van der Waals surface area contributed by atoms with Crippen LogP contribution in [0.3, 0.4) is 0 Å². The molecule has 0 spiro atoms. The zero-order valence-corrected chi connectivity index (χ0v) is 16.7. The van der Waals surface area contributed by atoms with Gasteiger partial charge in [0.25, 0.3) is 5.91 Å². The number of anilines is 1. The molecule has 8 nitrogen and oxygen atoms in total. The molecule has 1 aliphatic rings. The third-order valence-corrected chi connectivity index (χ3v) is 5.50.